The highest BCUT2D eigenvalue weighted by Crippen LogP contribution is 2.23. The van der Waals surface area contributed by atoms with Gasteiger partial charge in [0.05, 0.1) is 0 Å². The molecule has 0 saturated heterocycles. The largest absolute Gasteiger partial charge is 0.489 e. The number of halogens is 2. The highest BCUT2D eigenvalue weighted by molar-refractivity contribution is 6.35. The van der Waals surface area contributed by atoms with Gasteiger partial charge in [-0.1, -0.05) is 59.6 Å². The molecule has 3 aromatic rings. The second-order valence-corrected chi connectivity index (χ2v) is 6.74. The molecule has 0 aliphatic carbocycles. The van der Waals surface area contributed by atoms with E-state index < -0.39 is 0 Å². The van der Waals surface area contributed by atoms with Crippen LogP contribution in [0, 0.1) is 6.92 Å². The topological polar surface area (TPSA) is 21.3 Å². The van der Waals surface area contributed by atoms with Crippen molar-refractivity contribution in [2.24, 2.45) is 0 Å². The molecule has 0 atom stereocenters. The van der Waals surface area contributed by atoms with Crippen LogP contribution in [-0.2, 0) is 13.2 Å². The Kier molecular flexibility index (Phi) is 5.85. The van der Waals surface area contributed by atoms with Gasteiger partial charge >= 0.3 is 0 Å². The lowest BCUT2D eigenvalue weighted by Crippen LogP contribution is -2.00. The number of hydrogen-bond donors (Lipinski definition) is 1. The van der Waals surface area contributed by atoms with Gasteiger partial charge in [-0.25, -0.2) is 0 Å². The SMILES string of the molecule is Cc1ccccc1COc1ccc(CNc2cc(Cl)cc(Cl)c2)cc1. The third kappa shape index (κ3) is 5.15. The van der Waals surface area contributed by atoms with E-state index in [2.05, 4.69) is 24.4 Å². The second-order valence-electron chi connectivity index (χ2n) is 5.87. The monoisotopic (exact) mass is 371 g/mol. The van der Waals surface area contributed by atoms with E-state index in [0.29, 0.717) is 23.2 Å². The van der Waals surface area contributed by atoms with Gasteiger partial charge in [-0.3, -0.25) is 0 Å². The van der Waals surface area contributed by atoms with Crippen molar-refractivity contribution in [3.05, 3.63) is 93.5 Å². The summed E-state index contributed by atoms with van der Waals surface area (Å²) in [4.78, 5) is 0. The molecule has 128 valence electrons. The van der Waals surface area contributed by atoms with Crippen LogP contribution >= 0.6 is 23.2 Å². The first-order valence-corrected chi connectivity index (χ1v) is 8.82. The Morgan fingerprint density at radius 1 is 0.880 bits per heavy atom. The average molecular weight is 372 g/mol. The van der Waals surface area contributed by atoms with Crippen molar-refractivity contribution in [3.8, 4) is 5.75 Å². The first-order valence-electron chi connectivity index (χ1n) is 8.06. The van der Waals surface area contributed by atoms with Gasteiger partial charge in [-0.05, 0) is 53.9 Å². The Labute approximate surface area is 158 Å². The summed E-state index contributed by atoms with van der Waals surface area (Å²) in [5, 5.41) is 4.56. The van der Waals surface area contributed by atoms with Gasteiger partial charge in [-0.2, -0.15) is 0 Å². The molecule has 0 aliphatic heterocycles. The van der Waals surface area contributed by atoms with E-state index in [0.717, 1.165) is 17.0 Å². The van der Waals surface area contributed by atoms with Gasteiger partial charge in [0.2, 0.25) is 0 Å². The summed E-state index contributed by atoms with van der Waals surface area (Å²) in [5.41, 5.74) is 4.49. The molecule has 0 bridgehead atoms. The van der Waals surface area contributed by atoms with Gasteiger partial charge in [0.15, 0.2) is 0 Å². The molecule has 0 spiro atoms. The summed E-state index contributed by atoms with van der Waals surface area (Å²) < 4.78 is 5.87. The van der Waals surface area contributed by atoms with Crippen molar-refractivity contribution in [1.29, 1.82) is 0 Å². The van der Waals surface area contributed by atoms with E-state index >= 15 is 0 Å². The Hall–Kier alpha value is -2.16. The van der Waals surface area contributed by atoms with Crippen molar-refractivity contribution in [2.45, 2.75) is 20.1 Å². The number of hydrogen-bond acceptors (Lipinski definition) is 2. The summed E-state index contributed by atoms with van der Waals surface area (Å²) in [6.07, 6.45) is 0. The maximum absolute atomic E-state index is 6.01. The molecular weight excluding hydrogens is 353 g/mol. The lowest BCUT2D eigenvalue weighted by molar-refractivity contribution is 0.305. The minimum absolute atomic E-state index is 0.575. The quantitative estimate of drug-likeness (QED) is 0.534. The summed E-state index contributed by atoms with van der Waals surface area (Å²) in [6.45, 7) is 3.36. The minimum Gasteiger partial charge on any atom is -0.489 e. The van der Waals surface area contributed by atoms with Crippen LogP contribution in [0.2, 0.25) is 10.0 Å². The fourth-order valence-corrected chi connectivity index (χ4v) is 3.02. The van der Waals surface area contributed by atoms with Gasteiger partial charge < -0.3 is 10.1 Å². The number of rotatable bonds is 6. The molecule has 25 heavy (non-hydrogen) atoms. The van der Waals surface area contributed by atoms with E-state index in [1.54, 1.807) is 6.07 Å². The molecular formula is C21H19Cl2NO. The van der Waals surface area contributed by atoms with Gasteiger partial charge in [0, 0.05) is 22.3 Å². The molecule has 0 aliphatic rings. The third-order valence-electron chi connectivity index (χ3n) is 3.94. The first kappa shape index (κ1) is 17.7. The maximum atomic E-state index is 6.01. The molecule has 0 heterocycles. The third-order valence-corrected chi connectivity index (χ3v) is 4.37. The molecule has 0 amide bonds. The van der Waals surface area contributed by atoms with Crippen LogP contribution in [0.4, 0.5) is 5.69 Å². The number of aryl methyl sites for hydroxylation is 1. The van der Waals surface area contributed by atoms with E-state index in [4.69, 9.17) is 27.9 Å². The van der Waals surface area contributed by atoms with Crippen LogP contribution in [0.5, 0.6) is 5.75 Å². The van der Waals surface area contributed by atoms with E-state index in [-0.39, 0.29) is 0 Å². The molecule has 0 unspecified atom stereocenters. The predicted octanol–water partition coefficient (Wildman–Crippen LogP) is 6.49. The Bertz CT molecular complexity index is 827. The normalized spacial score (nSPS) is 10.5. The van der Waals surface area contributed by atoms with Gasteiger partial charge in [0.25, 0.3) is 0 Å². The lowest BCUT2D eigenvalue weighted by Gasteiger charge is -2.10. The fraction of sp³-hybridized carbons (Fsp3) is 0.143. The Morgan fingerprint density at radius 2 is 1.56 bits per heavy atom. The molecule has 1 N–H and O–H groups in total. The molecule has 3 aromatic carbocycles. The first-order chi connectivity index (χ1) is 12.1. The molecule has 2 nitrogen and oxygen atoms in total. The van der Waals surface area contributed by atoms with Crippen LogP contribution in [-0.4, -0.2) is 0 Å². The predicted molar refractivity (Wildman–Crippen MR) is 106 cm³/mol. The molecule has 0 aromatic heterocycles. The van der Waals surface area contributed by atoms with Crippen molar-refractivity contribution in [2.75, 3.05) is 5.32 Å². The van der Waals surface area contributed by atoms with Crippen LogP contribution in [0.3, 0.4) is 0 Å². The van der Waals surface area contributed by atoms with E-state index in [1.165, 1.54) is 11.1 Å². The summed E-state index contributed by atoms with van der Waals surface area (Å²) in [6, 6.07) is 21.7. The number of nitrogens with one attached hydrogen (secondary N) is 1. The van der Waals surface area contributed by atoms with E-state index in [9.17, 15) is 0 Å². The zero-order chi connectivity index (χ0) is 17.6. The standard InChI is InChI=1S/C21H19Cl2NO/c1-15-4-2-3-5-17(15)14-25-21-8-6-16(7-9-21)13-24-20-11-18(22)10-19(23)12-20/h2-12,24H,13-14H2,1H3. The Balaban J connectivity index is 1.56. The summed E-state index contributed by atoms with van der Waals surface area (Å²) in [7, 11) is 0. The molecule has 4 heteroatoms. The lowest BCUT2D eigenvalue weighted by atomic mass is 10.1. The smallest absolute Gasteiger partial charge is 0.119 e. The average Bonchev–Trinajstić information content (AvgIpc) is 2.59. The van der Waals surface area contributed by atoms with Crippen LogP contribution in [0.15, 0.2) is 66.7 Å². The summed E-state index contributed by atoms with van der Waals surface area (Å²) >= 11 is 12.0. The van der Waals surface area contributed by atoms with Crippen molar-refractivity contribution < 1.29 is 4.74 Å². The van der Waals surface area contributed by atoms with Crippen LogP contribution in [0.1, 0.15) is 16.7 Å². The fourth-order valence-electron chi connectivity index (χ4n) is 2.50. The van der Waals surface area contributed by atoms with Crippen LogP contribution < -0.4 is 10.1 Å². The van der Waals surface area contributed by atoms with Crippen LogP contribution in [0.25, 0.3) is 0 Å². The molecule has 0 radical (unpaired) electrons. The van der Waals surface area contributed by atoms with E-state index in [1.807, 2.05) is 48.5 Å². The van der Waals surface area contributed by atoms with Gasteiger partial charge in [-0.15, -0.1) is 0 Å². The molecule has 0 saturated carbocycles. The maximum Gasteiger partial charge on any atom is 0.119 e. The van der Waals surface area contributed by atoms with Crippen molar-refractivity contribution in [1.82, 2.24) is 0 Å². The highest BCUT2D eigenvalue weighted by atomic mass is 35.5. The number of anilines is 1. The summed E-state index contributed by atoms with van der Waals surface area (Å²) in [5.74, 6) is 0.859. The highest BCUT2D eigenvalue weighted by Gasteiger charge is 2.01. The zero-order valence-corrected chi connectivity index (χ0v) is 15.4. The number of ether oxygens (including phenoxy) is 1. The van der Waals surface area contributed by atoms with Gasteiger partial charge in [0.1, 0.15) is 12.4 Å². The Morgan fingerprint density at radius 3 is 2.24 bits per heavy atom. The minimum atomic E-state index is 0.575. The second kappa shape index (κ2) is 8.28. The molecule has 0 fully saturated rings. The van der Waals surface area contributed by atoms with Crippen molar-refractivity contribution >= 4 is 28.9 Å². The number of benzene rings is 3. The zero-order valence-electron chi connectivity index (χ0n) is 13.9. The molecule has 3 rings (SSSR count). The van der Waals surface area contributed by atoms with Crippen molar-refractivity contribution in [3.63, 3.8) is 0 Å².